The van der Waals surface area contributed by atoms with Gasteiger partial charge in [0.1, 0.15) is 4.88 Å². The van der Waals surface area contributed by atoms with Gasteiger partial charge in [-0.25, -0.2) is 4.79 Å². The summed E-state index contributed by atoms with van der Waals surface area (Å²) in [5.41, 5.74) is 2.07. The first kappa shape index (κ1) is 13.6. The monoisotopic (exact) mass is 344 g/mol. The van der Waals surface area contributed by atoms with Crippen molar-refractivity contribution in [2.45, 2.75) is 6.92 Å². The molecule has 0 aliphatic carbocycles. The number of benzene rings is 1. The van der Waals surface area contributed by atoms with Gasteiger partial charge in [0.2, 0.25) is 0 Å². The van der Waals surface area contributed by atoms with E-state index < -0.39 is 0 Å². The fraction of sp³-hybridized carbons (Fsp3) is 0.154. The predicted octanol–water partition coefficient (Wildman–Crippen LogP) is 4.93. The number of esters is 1. The van der Waals surface area contributed by atoms with Crippen LogP contribution in [0.5, 0.6) is 0 Å². The second-order valence-corrected chi connectivity index (χ2v) is 5.95. The van der Waals surface area contributed by atoms with Gasteiger partial charge in [0.25, 0.3) is 0 Å². The van der Waals surface area contributed by atoms with E-state index in [0.717, 1.165) is 20.5 Å². The molecule has 18 heavy (non-hydrogen) atoms. The molecule has 0 spiro atoms. The normalized spacial score (nSPS) is 10.4. The van der Waals surface area contributed by atoms with Gasteiger partial charge >= 0.3 is 5.97 Å². The van der Waals surface area contributed by atoms with Crippen molar-refractivity contribution in [2.24, 2.45) is 0 Å². The quantitative estimate of drug-likeness (QED) is 0.722. The van der Waals surface area contributed by atoms with Crippen LogP contribution in [0.4, 0.5) is 0 Å². The van der Waals surface area contributed by atoms with Gasteiger partial charge in [0.15, 0.2) is 0 Å². The first-order valence-corrected chi connectivity index (χ1v) is 7.16. The molecular weight excluding hydrogens is 336 g/mol. The molecule has 1 aromatic heterocycles. The Morgan fingerprint density at radius 3 is 2.50 bits per heavy atom. The van der Waals surface area contributed by atoms with Crippen molar-refractivity contribution in [1.29, 1.82) is 0 Å². The average molecular weight is 346 g/mol. The number of hydrogen-bond donors (Lipinski definition) is 0. The van der Waals surface area contributed by atoms with Gasteiger partial charge in [-0.3, -0.25) is 0 Å². The molecule has 0 aliphatic rings. The molecule has 2 aromatic rings. The zero-order chi connectivity index (χ0) is 13.3. The molecule has 1 aromatic carbocycles. The number of methoxy groups -OCH3 is 1. The van der Waals surface area contributed by atoms with Gasteiger partial charge in [0, 0.05) is 14.4 Å². The highest BCUT2D eigenvalue weighted by atomic mass is 79.9. The van der Waals surface area contributed by atoms with Gasteiger partial charge in [-0.15, -0.1) is 11.3 Å². The van der Waals surface area contributed by atoms with Crippen molar-refractivity contribution < 1.29 is 9.53 Å². The lowest BCUT2D eigenvalue weighted by molar-refractivity contribution is 0.0605. The lowest BCUT2D eigenvalue weighted by Gasteiger charge is -1.99. The van der Waals surface area contributed by atoms with Crippen molar-refractivity contribution in [2.75, 3.05) is 7.11 Å². The van der Waals surface area contributed by atoms with Crippen LogP contribution in [0.25, 0.3) is 10.4 Å². The number of thiophene rings is 1. The highest BCUT2D eigenvalue weighted by Gasteiger charge is 2.19. The molecule has 0 unspecified atom stereocenters. The van der Waals surface area contributed by atoms with Crippen LogP contribution in [0.15, 0.2) is 28.7 Å². The Kier molecular flexibility index (Phi) is 4.10. The van der Waals surface area contributed by atoms with E-state index in [2.05, 4.69) is 15.9 Å². The summed E-state index contributed by atoms with van der Waals surface area (Å²) in [6.45, 7) is 1.97. The fourth-order valence-corrected chi connectivity index (χ4v) is 3.58. The smallest absolute Gasteiger partial charge is 0.349 e. The van der Waals surface area contributed by atoms with E-state index in [0.29, 0.717) is 9.90 Å². The van der Waals surface area contributed by atoms with Gasteiger partial charge in [-0.05, 0) is 46.1 Å². The zero-order valence-corrected chi connectivity index (χ0v) is 12.9. The summed E-state index contributed by atoms with van der Waals surface area (Å²) < 4.78 is 5.56. The molecule has 0 amide bonds. The topological polar surface area (TPSA) is 26.3 Å². The summed E-state index contributed by atoms with van der Waals surface area (Å²) in [6, 6.07) is 7.55. The Bertz CT molecular complexity index is 590. The molecule has 0 saturated carbocycles. The number of hydrogen-bond acceptors (Lipinski definition) is 3. The lowest BCUT2D eigenvalue weighted by atomic mass is 10.1. The second-order valence-electron chi connectivity index (χ2n) is 3.70. The van der Waals surface area contributed by atoms with Crippen molar-refractivity contribution in [3.05, 3.63) is 44.2 Å². The minimum Gasteiger partial charge on any atom is -0.465 e. The third-order valence-electron chi connectivity index (χ3n) is 2.55. The molecule has 0 fully saturated rings. The summed E-state index contributed by atoms with van der Waals surface area (Å²) in [5, 5.41) is 0.695. The first-order chi connectivity index (χ1) is 8.54. The van der Waals surface area contributed by atoms with Crippen LogP contribution in [0.3, 0.4) is 0 Å². The Hall–Kier alpha value is -0.840. The number of carbonyl (C=O) groups excluding carboxylic acids is 1. The SMILES string of the molecule is COC(=O)c1sc(-c2ccc(Cl)cc2)c(C)c1Br. The van der Waals surface area contributed by atoms with E-state index in [9.17, 15) is 4.79 Å². The zero-order valence-electron chi connectivity index (χ0n) is 9.79. The molecule has 0 saturated heterocycles. The Balaban J connectivity index is 2.52. The Morgan fingerprint density at radius 1 is 1.33 bits per heavy atom. The summed E-state index contributed by atoms with van der Waals surface area (Å²) in [4.78, 5) is 13.2. The summed E-state index contributed by atoms with van der Waals surface area (Å²) in [5.74, 6) is -0.324. The molecule has 2 rings (SSSR count). The van der Waals surface area contributed by atoms with Gasteiger partial charge < -0.3 is 4.74 Å². The van der Waals surface area contributed by atoms with E-state index in [-0.39, 0.29) is 5.97 Å². The molecule has 1 heterocycles. The Morgan fingerprint density at radius 2 is 1.94 bits per heavy atom. The van der Waals surface area contributed by atoms with Crippen LogP contribution in [-0.2, 0) is 4.74 Å². The van der Waals surface area contributed by atoms with Gasteiger partial charge in [-0.1, -0.05) is 23.7 Å². The van der Waals surface area contributed by atoms with Crippen LogP contribution < -0.4 is 0 Å². The summed E-state index contributed by atoms with van der Waals surface area (Å²) in [6.07, 6.45) is 0. The summed E-state index contributed by atoms with van der Waals surface area (Å²) >= 11 is 10.7. The van der Waals surface area contributed by atoms with Crippen molar-refractivity contribution >= 4 is 44.8 Å². The lowest BCUT2D eigenvalue weighted by Crippen LogP contribution is -1.98. The van der Waals surface area contributed by atoms with E-state index in [1.807, 2.05) is 31.2 Å². The number of rotatable bonds is 2. The molecule has 0 aliphatic heterocycles. The largest absolute Gasteiger partial charge is 0.465 e. The van der Waals surface area contributed by atoms with Gasteiger partial charge in [-0.2, -0.15) is 0 Å². The molecule has 5 heteroatoms. The molecule has 0 bridgehead atoms. The number of carbonyl (C=O) groups is 1. The highest BCUT2D eigenvalue weighted by molar-refractivity contribution is 9.10. The maximum absolute atomic E-state index is 11.6. The van der Waals surface area contributed by atoms with Crippen LogP contribution >= 0.6 is 38.9 Å². The van der Waals surface area contributed by atoms with Crippen LogP contribution in [0, 0.1) is 6.92 Å². The molecule has 0 atom stereocenters. The maximum Gasteiger partial charge on any atom is 0.349 e. The average Bonchev–Trinajstić information content (AvgIpc) is 2.67. The van der Waals surface area contributed by atoms with Crippen LogP contribution in [0.1, 0.15) is 15.2 Å². The maximum atomic E-state index is 11.6. The Labute approximate surface area is 123 Å². The van der Waals surface area contributed by atoms with Crippen molar-refractivity contribution in [1.82, 2.24) is 0 Å². The van der Waals surface area contributed by atoms with Crippen molar-refractivity contribution in [3.8, 4) is 10.4 Å². The van der Waals surface area contributed by atoms with Gasteiger partial charge in [0.05, 0.1) is 7.11 Å². The highest BCUT2D eigenvalue weighted by Crippen LogP contribution is 2.39. The van der Waals surface area contributed by atoms with E-state index in [1.165, 1.54) is 18.4 Å². The van der Waals surface area contributed by atoms with E-state index in [4.69, 9.17) is 16.3 Å². The molecule has 0 N–H and O–H groups in total. The van der Waals surface area contributed by atoms with Crippen LogP contribution in [-0.4, -0.2) is 13.1 Å². The number of ether oxygens (including phenoxy) is 1. The molecule has 2 nitrogen and oxygen atoms in total. The second kappa shape index (κ2) is 5.43. The third kappa shape index (κ3) is 2.46. The van der Waals surface area contributed by atoms with E-state index >= 15 is 0 Å². The van der Waals surface area contributed by atoms with Crippen LogP contribution in [0.2, 0.25) is 5.02 Å². The molecule has 0 radical (unpaired) electrons. The first-order valence-electron chi connectivity index (χ1n) is 5.17. The standard InChI is InChI=1S/C13H10BrClO2S/c1-7-10(14)12(13(16)17-2)18-11(7)8-3-5-9(15)6-4-8/h3-6H,1-2H3. The van der Waals surface area contributed by atoms with E-state index in [1.54, 1.807) is 0 Å². The number of halogens is 2. The molecule has 94 valence electrons. The fourth-order valence-electron chi connectivity index (χ4n) is 1.59. The molecular formula is C13H10BrClO2S. The van der Waals surface area contributed by atoms with Crippen molar-refractivity contribution in [3.63, 3.8) is 0 Å². The third-order valence-corrected chi connectivity index (χ3v) is 5.38. The minimum absolute atomic E-state index is 0.324. The summed E-state index contributed by atoms with van der Waals surface area (Å²) in [7, 11) is 1.38. The predicted molar refractivity (Wildman–Crippen MR) is 78.5 cm³/mol. The minimum atomic E-state index is -0.324.